The number of carbonyl (C=O) groups excluding carboxylic acids is 1. The predicted molar refractivity (Wildman–Crippen MR) is 96.0 cm³/mol. The van der Waals surface area contributed by atoms with Crippen LogP contribution in [-0.4, -0.2) is 20.7 Å². The van der Waals surface area contributed by atoms with Crippen LogP contribution in [0, 0.1) is 5.82 Å². The number of halogens is 1. The van der Waals surface area contributed by atoms with Gasteiger partial charge in [-0.3, -0.25) is 4.79 Å². The van der Waals surface area contributed by atoms with Crippen molar-refractivity contribution in [3.63, 3.8) is 0 Å². The minimum absolute atomic E-state index is 0.253. The van der Waals surface area contributed by atoms with Crippen LogP contribution in [0.25, 0.3) is 0 Å². The van der Waals surface area contributed by atoms with Crippen molar-refractivity contribution in [3.8, 4) is 0 Å². The van der Waals surface area contributed by atoms with Crippen molar-refractivity contribution in [1.29, 1.82) is 0 Å². The van der Waals surface area contributed by atoms with Crippen molar-refractivity contribution in [2.45, 2.75) is 13.0 Å². The highest BCUT2D eigenvalue weighted by Gasteiger charge is 2.33. The average Bonchev–Trinajstić information content (AvgIpc) is 3.10. The normalized spacial score (nSPS) is 16.0. The second-order valence-corrected chi connectivity index (χ2v) is 5.97. The zero-order valence-electron chi connectivity index (χ0n) is 14.0. The van der Waals surface area contributed by atoms with Gasteiger partial charge in [-0.15, -0.1) is 0 Å². The summed E-state index contributed by atoms with van der Waals surface area (Å²) in [5.41, 5.74) is 2.61. The third-order valence-electron chi connectivity index (χ3n) is 4.26. The summed E-state index contributed by atoms with van der Waals surface area (Å²) in [6, 6.07) is 14.8. The summed E-state index contributed by atoms with van der Waals surface area (Å²) in [7, 11) is 0. The van der Waals surface area contributed by atoms with Crippen molar-refractivity contribution in [3.05, 3.63) is 83.6 Å². The second kappa shape index (κ2) is 6.44. The molecule has 2 N–H and O–H groups in total. The van der Waals surface area contributed by atoms with E-state index in [1.807, 2.05) is 37.3 Å². The number of nitrogens with zero attached hydrogens (tertiary/aromatic N) is 3. The fourth-order valence-corrected chi connectivity index (χ4v) is 3.06. The lowest BCUT2D eigenvalue weighted by Crippen LogP contribution is -2.31. The number of hydrogen-bond donors (Lipinski definition) is 2. The van der Waals surface area contributed by atoms with E-state index in [1.54, 1.807) is 16.8 Å². The van der Waals surface area contributed by atoms with E-state index in [4.69, 9.17) is 0 Å². The first-order chi connectivity index (χ1) is 12.6. The fourth-order valence-electron chi connectivity index (χ4n) is 3.06. The third kappa shape index (κ3) is 2.83. The second-order valence-electron chi connectivity index (χ2n) is 5.97. The van der Waals surface area contributed by atoms with Crippen LogP contribution in [0.5, 0.6) is 0 Å². The Morgan fingerprint density at radius 3 is 2.62 bits per heavy atom. The molecule has 6 nitrogen and oxygen atoms in total. The van der Waals surface area contributed by atoms with Gasteiger partial charge in [0.1, 0.15) is 18.2 Å². The van der Waals surface area contributed by atoms with E-state index in [-0.39, 0.29) is 11.7 Å². The number of allylic oxidation sites excluding steroid dienone is 1. The Hall–Kier alpha value is -3.48. The SMILES string of the molecule is CC1=C(C(=O)Nc2ccccc2)[C@@H](c2ccc(F)cc2)n2ncnc2N1. The highest BCUT2D eigenvalue weighted by Crippen LogP contribution is 2.35. The van der Waals surface area contributed by atoms with Gasteiger partial charge in [0.15, 0.2) is 0 Å². The Labute approximate surface area is 149 Å². The molecule has 0 bridgehead atoms. The van der Waals surface area contributed by atoms with Crippen molar-refractivity contribution in [2.24, 2.45) is 0 Å². The number of anilines is 2. The van der Waals surface area contributed by atoms with Crippen molar-refractivity contribution < 1.29 is 9.18 Å². The van der Waals surface area contributed by atoms with Crippen LogP contribution in [0.15, 0.2) is 72.2 Å². The van der Waals surface area contributed by atoms with Crippen LogP contribution in [0.1, 0.15) is 18.5 Å². The number of amides is 1. The van der Waals surface area contributed by atoms with Crippen LogP contribution < -0.4 is 10.6 Å². The van der Waals surface area contributed by atoms with Gasteiger partial charge in [0.05, 0.1) is 5.57 Å². The predicted octanol–water partition coefficient (Wildman–Crippen LogP) is 3.34. The quantitative estimate of drug-likeness (QED) is 0.761. The van der Waals surface area contributed by atoms with E-state index in [1.165, 1.54) is 18.5 Å². The number of para-hydroxylation sites is 1. The van der Waals surface area contributed by atoms with Crippen LogP contribution in [0.4, 0.5) is 16.0 Å². The molecule has 4 rings (SSSR count). The van der Waals surface area contributed by atoms with E-state index in [0.717, 1.165) is 5.56 Å². The molecule has 0 radical (unpaired) electrons. The molecule has 26 heavy (non-hydrogen) atoms. The summed E-state index contributed by atoms with van der Waals surface area (Å²) in [6.07, 6.45) is 1.42. The van der Waals surface area contributed by atoms with Crippen molar-refractivity contribution in [2.75, 3.05) is 10.6 Å². The number of benzene rings is 2. The number of carbonyl (C=O) groups is 1. The maximum Gasteiger partial charge on any atom is 0.255 e. The molecule has 2 aromatic carbocycles. The molecule has 1 aliphatic heterocycles. The monoisotopic (exact) mass is 349 g/mol. The molecular formula is C19H16FN5O. The Kier molecular flexibility index (Phi) is 3.96. The van der Waals surface area contributed by atoms with Crippen LogP contribution in [0.2, 0.25) is 0 Å². The minimum atomic E-state index is -0.502. The molecule has 0 saturated carbocycles. The Bertz CT molecular complexity index is 979. The zero-order chi connectivity index (χ0) is 18.1. The van der Waals surface area contributed by atoms with Gasteiger partial charge >= 0.3 is 0 Å². The summed E-state index contributed by atoms with van der Waals surface area (Å²) in [6.45, 7) is 1.81. The number of aromatic nitrogens is 3. The average molecular weight is 349 g/mol. The van der Waals surface area contributed by atoms with Gasteiger partial charge in [-0.25, -0.2) is 9.07 Å². The molecule has 0 fully saturated rings. The first-order valence-electron chi connectivity index (χ1n) is 8.12. The summed E-state index contributed by atoms with van der Waals surface area (Å²) < 4.78 is 15.0. The van der Waals surface area contributed by atoms with Crippen LogP contribution in [-0.2, 0) is 4.79 Å². The lowest BCUT2D eigenvalue weighted by atomic mass is 9.95. The molecule has 2 heterocycles. The first-order valence-corrected chi connectivity index (χ1v) is 8.12. The zero-order valence-corrected chi connectivity index (χ0v) is 14.0. The molecule has 7 heteroatoms. The molecule has 1 aliphatic rings. The lowest BCUT2D eigenvalue weighted by molar-refractivity contribution is -0.113. The Morgan fingerprint density at radius 2 is 1.88 bits per heavy atom. The maximum atomic E-state index is 13.4. The van der Waals surface area contributed by atoms with Gasteiger partial charge in [-0.1, -0.05) is 30.3 Å². The molecule has 1 amide bonds. The summed E-state index contributed by atoms with van der Waals surface area (Å²) >= 11 is 0. The minimum Gasteiger partial charge on any atom is -0.328 e. The molecule has 130 valence electrons. The van der Waals surface area contributed by atoms with Crippen molar-refractivity contribution >= 4 is 17.5 Å². The van der Waals surface area contributed by atoms with Gasteiger partial charge in [0.2, 0.25) is 5.95 Å². The van der Waals surface area contributed by atoms with Gasteiger partial charge in [-0.05, 0) is 36.8 Å². The van der Waals surface area contributed by atoms with Gasteiger partial charge in [-0.2, -0.15) is 10.1 Å². The Morgan fingerprint density at radius 1 is 1.15 bits per heavy atom. The first kappa shape index (κ1) is 16.0. The Balaban J connectivity index is 1.77. The van der Waals surface area contributed by atoms with Crippen molar-refractivity contribution in [1.82, 2.24) is 14.8 Å². The van der Waals surface area contributed by atoms with E-state index < -0.39 is 6.04 Å². The molecule has 1 aromatic heterocycles. The lowest BCUT2D eigenvalue weighted by Gasteiger charge is -2.28. The van der Waals surface area contributed by atoms with Crippen LogP contribution >= 0.6 is 0 Å². The molecular weight excluding hydrogens is 333 g/mol. The van der Waals surface area contributed by atoms with Gasteiger partial charge < -0.3 is 10.6 Å². The van der Waals surface area contributed by atoms with Gasteiger partial charge in [0.25, 0.3) is 5.91 Å². The standard InChI is InChI=1S/C19H16FN5O/c1-12-16(18(26)24-15-5-3-2-4-6-15)17(13-7-9-14(20)10-8-13)25-19(23-12)21-11-22-25/h2-11,17H,1H3,(H,24,26)(H,21,22,23)/t17-/m1/s1. The molecule has 0 spiro atoms. The van der Waals surface area contributed by atoms with E-state index >= 15 is 0 Å². The highest BCUT2D eigenvalue weighted by molar-refractivity contribution is 6.05. The smallest absolute Gasteiger partial charge is 0.255 e. The largest absolute Gasteiger partial charge is 0.328 e. The number of fused-ring (bicyclic) bond motifs is 1. The summed E-state index contributed by atoms with van der Waals surface area (Å²) in [5.74, 6) is -0.0535. The number of rotatable bonds is 3. The fraction of sp³-hybridized carbons (Fsp3) is 0.105. The molecule has 3 aromatic rings. The molecule has 0 saturated heterocycles. The maximum absolute atomic E-state index is 13.4. The van der Waals surface area contributed by atoms with E-state index in [0.29, 0.717) is 22.9 Å². The molecule has 1 atom stereocenters. The van der Waals surface area contributed by atoms with Crippen LogP contribution in [0.3, 0.4) is 0 Å². The molecule has 0 unspecified atom stereocenters. The number of hydrogen-bond acceptors (Lipinski definition) is 4. The topological polar surface area (TPSA) is 71.8 Å². The molecule has 0 aliphatic carbocycles. The van der Waals surface area contributed by atoms with E-state index in [9.17, 15) is 9.18 Å². The third-order valence-corrected chi connectivity index (χ3v) is 4.26. The summed E-state index contributed by atoms with van der Waals surface area (Å²) in [4.78, 5) is 17.2. The number of nitrogens with one attached hydrogen (secondary N) is 2. The van der Waals surface area contributed by atoms with Gasteiger partial charge in [0, 0.05) is 11.4 Å². The highest BCUT2D eigenvalue weighted by atomic mass is 19.1. The summed E-state index contributed by atoms with van der Waals surface area (Å²) in [5, 5.41) is 10.3. The van der Waals surface area contributed by atoms with E-state index in [2.05, 4.69) is 20.7 Å².